The predicted octanol–water partition coefficient (Wildman–Crippen LogP) is 7.25. The number of halogens is 7. The van der Waals surface area contributed by atoms with Crippen LogP contribution in [0.5, 0.6) is 0 Å². The highest BCUT2D eigenvalue weighted by molar-refractivity contribution is 7.21. The van der Waals surface area contributed by atoms with Gasteiger partial charge in [-0.3, -0.25) is 4.79 Å². The van der Waals surface area contributed by atoms with E-state index in [9.17, 15) is 35.9 Å². The Morgan fingerprint density at radius 1 is 0.970 bits per heavy atom. The van der Waals surface area contributed by atoms with Crippen LogP contribution in [0.25, 0.3) is 10.1 Å². The number of thiophene rings is 1. The summed E-state index contributed by atoms with van der Waals surface area (Å²) in [6, 6.07) is 2.32. The number of hydrogen-bond donors (Lipinski definition) is 1. The first-order valence-electron chi connectivity index (χ1n) is 9.06. The lowest BCUT2D eigenvalue weighted by atomic mass is 10.0. The van der Waals surface area contributed by atoms with E-state index in [1.807, 2.05) is 0 Å². The first kappa shape index (κ1) is 24.8. The van der Waals surface area contributed by atoms with Crippen LogP contribution in [0.2, 0.25) is 5.02 Å². The highest BCUT2D eigenvalue weighted by Crippen LogP contribution is 2.41. The summed E-state index contributed by atoms with van der Waals surface area (Å²) in [5.74, 6) is -1.98. The van der Waals surface area contributed by atoms with Gasteiger partial charge < -0.3 is 10.1 Å². The number of benzene rings is 2. The highest BCUT2D eigenvalue weighted by Gasteiger charge is 2.37. The zero-order valence-corrected chi connectivity index (χ0v) is 18.7. The maximum Gasteiger partial charge on any atom is 0.416 e. The third-order valence-corrected chi connectivity index (χ3v) is 6.48. The molecule has 0 aliphatic carbocycles. The molecule has 176 valence electrons. The molecule has 2 aromatic carbocycles. The van der Waals surface area contributed by atoms with Gasteiger partial charge in [0.15, 0.2) is 0 Å². The normalized spacial score (nSPS) is 12.2. The van der Waals surface area contributed by atoms with E-state index in [1.165, 1.54) is 0 Å². The fourth-order valence-electron chi connectivity index (χ4n) is 3.22. The highest BCUT2D eigenvalue weighted by atomic mass is 35.5. The van der Waals surface area contributed by atoms with Crippen LogP contribution in [0.15, 0.2) is 24.3 Å². The van der Waals surface area contributed by atoms with E-state index >= 15 is 0 Å². The van der Waals surface area contributed by atoms with Crippen LogP contribution in [0, 0.1) is 13.8 Å². The number of anilines is 1. The Morgan fingerprint density at radius 2 is 1.52 bits per heavy atom. The van der Waals surface area contributed by atoms with Gasteiger partial charge in [-0.25, -0.2) is 4.79 Å². The number of alkyl halides is 6. The summed E-state index contributed by atoms with van der Waals surface area (Å²) >= 11 is 7.11. The Hall–Kier alpha value is -2.79. The average molecular weight is 510 g/mol. The summed E-state index contributed by atoms with van der Waals surface area (Å²) in [7, 11) is 1.07. The number of amides is 1. The predicted molar refractivity (Wildman–Crippen MR) is 112 cm³/mol. The van der Waals surface area contributed by atoms with Gasteiger partial charge >= 0.3 is 18.3 Å². The van der Waals surface area contributed by atoms with Crippen molar-refractivity contribution in [3.63, 3.8) is 0 Å². The molecule has 0 spiro atoms. The van der Waals surface area contributed by atoms with Crippen molar-refractivity contribution >= 4 is 50.6 Å². The van der Waals surface area contributed by atoms with Gasteiger partial charge in [-0.1, -0.05) is 11.6 Å². The molecule has 0 radical (unpaired) electrons. The molecule has 33 heavy (non-hydrogen) atoms. The van der Waals surface area contributed by atoms with Crippen LogP contribution in [-0.4, -0.2) is 19.0 Å². The average Bonchev–Trinajstić information content (AvgIpc) is 3.11. The number of aryl methyl sites for hydroxylation is 2. The molecule has 4 nitrogen and oxygen atoms in total. The van der Waals surface area contributed by atoms with Gasteiger partial charge in [0.1, 0.15) is 4.88 Å². The van der Waals surface area contributed by atoms with Crippen molar-refractivity contribution in [2.24, 2.45) is 0 Å². The lowest BCUT2D eigenvalue weighted by molar-refractivity contribution is -0.143. The number of nitrogens with one attached hydrogen (secondary N) is 1. The third-order valence-electron chi connectivity index (χ3n) is 4.79. The SMILES string of the molecule is COC(=O)c1sc2c(C)cc(Cl)c(C)c2c1C(=O)Nc1cc(C(F)(F)F)cc(C(F)(F)F)c1. The number of hydrogen-bond acceptors (Lipinski definition) is 4. The molecule has 1 aromatic heterocycles. The standard InChI is InChI=1S/C21H14ClF6NO3S/c1-8-4-13(22)9(2)14-15(17(19(31)32-3)33-16(8)14)18(30)29-12-6-10(20(23,24)25)5-11(7-12)21(26,27)28/h4-7H,1-3H3,(H,29,30). The zero-order valence-electron chi connectivity index (χ0n) is 17.1. The summed E-state index contributed by atoms with van der Waals surface area (Å²) in [5, 5.41) is 2.58. The Labute approximate surface area is 192 Å². The Kier molecular flexibility index (Phi) is 6.42. The van der Waals surface area contributed by atoms with Crippen LogP contribution < -0.4 is 5.32 Å². The zero-order chi connectivity index (χ0) is 24.9. The molecule has 3 aromatic rings. The van der Waals surface area contributed by atoms with Gasteiger partial charge in [-0.2, -0.15) is 26.3 Å². The number of esters is 1. The van der Waals surface area contributed by atoms with Gasteiger partial charge in [0.25, 0.3) is 5.91 Å². The molecule has 0 bridgehead atoms. The van der Waals surface area contributed by atoms with E-state index in [2.05, 4.69) is 5.32 Å². The number of carbonyl (C=O) groups is 2. The van der Waals surface area contributed by atoms with E-state index in [0.29, 0.717) is 28.0 Å². The van der Waals surface area contributed by atoms with Crippen molar-refractivity contribution in [2.45, 2.75) is 26.2 Å². The summed E-state index contributed by atoms with van der Waals surface area (Å²) < 4.78 is 84.2. The van der Waals surface area contributed by atoms with Crippen LogP contribution in [0.4, 0.5) is 32.0 Å². The minimum Gasteiger partial charge on any atom is -0.465 e. The van der Waals surface area contributed by atoms with Crippen LogP contribution in [0.1, 0.15) is 42.3 Å². The van der Waals surface area contributed by atoms with E-state index in [-0.39, 0.29) is 26.9 Å². The Morgan fingerprint density at radius 3 is 2.00 bits per heavy atom. The minimum absolute atomic E-state index is 0.0528. The molecule has 0 aliphatic rings. The number of fused-ring (bicyclic) bond motifs is 1. The molecule has 1 amide bonds. The van der Waals surface area contributed by atoms with Crippen LogP contribution in [-0.2, 0) is 17.1 Å². The second-order valence-electron chi connectivity index (χ2n) is 7.05. The van der Waals surface area contributed by atoms with Crippen LogP contribution in [0.3, 0.4) is 0 Å². The Balaban J connectivity index is 2.21. The quantitative estimate of drug-likeness (QED) is 0.299. The third kappa shape index (κ3) is 4.79. The molecule has 0 atom stereocenters. The van der Waals surface area contributed by atoms with Crippen molar-refractivity contribution in [1.82, 2.24) is 0 Å². The summed E-state index contributed by atoms with van der Waals surface area (Å²) in [5.41, 5.74) is -3.15. The fraction of sp³-hybridized carbons (Fsp3) is 0.238. The second kappa shape index (κ2) is 8.53. The minimum atomic E-state index is -5.09. The van der Waals surface area contributed by atoms with Gasteiger partial charge in [0.2, 0.25) is 0 Å². The molecule has 0 fully saturated rings. The van der Waals surface area contributed by atoms with E-state index < -0.39 is 41.0 Å². The monoisotopic (exact) mass is 509 g/mol. The number of methoxy groups -OCH3 is 1. The lowest BCUT2D eigenvalue weighted by Crippen LogP contribution is -2.18. The molecule has 1 N–H and O–H groups in total. The molecule has 3 rings (SSSR count). The number of rotatable bonds is 3. The van der Waals surface area contributed by atoms with Crippen molar-refractivity contribution in [2.75, 3.05) is 12.4 Å². The lowest BCUT2D eigenvalue weighted by Gasteiger charge is -2.15. The maximum absolute atomic E-state index is 13.2. The summed E-state index contributed by atoms with van der Waals surface area (Å²) in [6.07, 6.45) is -10.2. The van der Waals surface area contributed by atoms with Crippen molar-refractivity contribution in [1.29, 1.82) is 0 Å². The molecule has 0 saturated carbocycles. The fourth-order valence-corrected chi connectivity index (χ4v) is 4.73. The molecule has 0 aliphatic heterocycles. The van der Waals surface area contributed by atoms with Gasteiger partial charge in [-0.15, -0.1) is 11.3 Å². The maximum atomic E-state index is 13.2. The Bertz CT molecular complexity index is 1250. The van der Waals surface area contributed by atoms with Gasteiger partial charge in [-0.05, 0) is 49.2 Å². The first-order chi connectivity index (χ1) is 15.1. The molecule has 0 unspecified atom stereocenters. The van der Waals surface area contributed by atoms with Gasteiger partial charge in [0, 0.05) is 20.8 Å². The van der Waals surface area contributed by atoms with Crippen molar-refractivity contribution in [3.05, 3.63) is 62.0 Å². The van der Waals surface area contributed by atoms with E-state index in [4.69, 9.17) is 16.3 Å². The van der Waals surface area contributed by atoms with E-state index in [0.717, 1.165) is 18.4 Å². The largest absolute Gasteiger partial charge is 0.465 e. The topological polar surface area (TPSA) is 55.4 Å². The molecular weight excluding hydrogens is 496 g/mol. The van der Waals surface area contributed by atoms with Crippen molar-refractivity contribution in [3.8, 4) is 0 Å². The summed E-state index contributed by atoms with van der Waals surface area (Å²) in [4.78, 5) is 25.3. The molecule has 1 heterocycles. The second-order valence-corrected chi connectivity index (χ2v) is 8.48. The molecule has 0 saturated heterocycles. The number of carbonyl (C=O) groups excluding carboxylic acids is 2. The molecular formula is C21H14ClF6NO3S. The van der Waals surface area contributed by atoms with Crippen molar-refractivity contribution < 1.29 is 40.7 Å². The number of ether oxygens (including phenoxy) is 1. The van der Waals surface area contributed by atoms with Crippen LogP contribution >= 0.6 is 22.9 Å². The molecule has 12 heteroatoms. The smallest absolute Gasteiger partial charge is 0.416 e. The summed E-state index contributed by atoms with van der Waals surface area (Å²) in [6.45, 7) is 3.25. The van der Waals surface area contributed by atoms with Gasteiger partial charge in [0.05, 0.1) is 23.8 Å². The first-order valence-corrected chi connectivity index (χ1v) is 10.3. The van der Waals surface area contributed by atoms with E-state index in [1.54, 1.807) is 19.9 Å².